The third-order valence-corrected chi connectivity index (χ3v) is 5.53. The number of piperazine rings is 1. The summed E-state index contributed by atoms with van der Waals surface area (Å²) in [7, 11) is 0. The Morgan fingerprint density at radius 1 is 1.18 bits per heavy atom. The maximum Gasteiger partial charge on any atom is 0.153 e. The van der Waals surface area contributed by atoms with Gasteiger partial charge in [-0.15, -0.1) is 0 Å². The Hall–Kier alpha value is -3.18. The molecule has 0 amide bonds. The summed E-state index contributed by atoms with van der Waals surface area (Å²) >= 11 is 0. The molecule has 1 unspecified atom stereocenters. The van der Waals surface area contributed by atoms with Crippen molar-refractivity contribution in [1.29, 1.82) is 5.26 Å². The van der Waals surface area contributed by atoms with Gasteiger partial charge in [-0.05, 0) is 25.5 Å². The van der Waals surface area contributed by atoms with Crippen molar-refractivity contribution in [1.82, 2.24) is 24.8 Å². The summed E-state index contributed by atoms with van der Waals surface area (Å²) < 4.78 is 1.99. The van der Waals surface area contributed by atoms with E-state index in [0.717, 1.165) is 55.3 Å². The molecule has 5 rings (SSSR count). The lowest BCUT2D eigenvalue weighted by Crippen LogP contribution is -2.49. The molecule has 28 heavy (non-hydrogen) atoms. The van der Waals surface area contributed by atoms with Crippen LogP contribution in [0.3, 0.4) is 0 Å². The first-order chi connectivity index (χ1) is 13.7. The maximum absolute atomic E-state index is 9.27. The highest BCUT2D eigenvalue weighted by molar-refractivity contribution is 6.00. The number of anilines is 2. The molecule has 0 aromatic carbocycles. The van der Waals surface area contributed by atoms with Gasteiger partial charge in [0.05, 0.1) is 22.7 Å². The molecular formula is C20H22N8. The monoisotopic (exact) mass is 374 g/mol. The molecule has 0 aliphatic carbocycles. The van der Waals surface area contributed by atoms with E-state index in [9.17, 15) is 5.26 Å². The van der Waals surface area contributed by atoms with Crippen LogP contribution >= 0.6 is 0 Å². The molecule has 3 aromatic rings. The molecule has 8 nitrogen and oxygen atoms in total. The van der Waals surface area contributed by atoms with Crippen molar-refractivity contribution in [2.75, 3.05) is 42.5 Å². The van der Waals surface area contributed by atoms with Gasteiger partial charge in [0, 0.05) is 51.2 Å². The van der Waals surface area contributed by atoms with Gasteiger partial charge in [0.15, 0.2) is 5.65 Å². The Balaban J connectivity index is 1.70. The number of hydrogen-bond donors (Lipinski definition) is 1. The van der Waals surface area contributed by atoms with Gasteiger partial charge in [0.2, 0.25) is 0 Å². The van der Waals surface area contributed by atoms with Crippen LogP contribution in [0.1, 0.15) is 18.9 Å². The fraction of sp³-hybridized carbons (Fsp3) is 0.400. The lowest BCUT2D eigenvalue weighted by molar-refractivity contribution is 0.483. The average molecular weight is 374 g/mol. The van der Waals surface area contributed by atoms with Gasteiger partial charge < -0.3 is 15.1 Å². The highest BCUT2D eigenvalue weighted by atomic mass is 15.3. The fourth-order valence-electron chi connectivity index (χ4n) is 3.98. The molecule has 0 spiro atoms. The number of rotatable bonds is 3. The third kappa shape index (κ3) is 2.75. The standard InChI is InChI=1S/C20H22N8/c1-14-11-27(8-5-22-14)19-18-16(26-6-2-7-26)12-28(20(18)25-13-24-19)17-9-15(10-21)3-4-23-17/h3-4,9,12-14,22H,2,5-8,11H2,1H3. The number of fused-ring (bicyclic) bond motifs is 1. The highest BCUT2D eigenvalue weighted by Crippen LogP contribution is 2.37. The van der Waals surface area contributed by atoms with Crippen molar-refractivity contribution in [3.8, 4) is 11.9 Å². The second kappa shape index (κ2) is 6.77. The number of aromatic nitrogens is 4. The molecule has 1 atom stereocenters. The first-order valence-corrected chi connectivity index (χ1v) is 9.70. The van der Waals surface area contributed by atoms with Crippen molar-refractivity contribution in [2.24, 2.45) is 0 Å². The third-order valence-electron chi connectivity index (χ3n) is 5.53. The molecule has 5 heterocycles. The normalized spacial score (nSPS) is 19.5. The number of nitrogens with zero attached hydrogens (tertiary/aromatic N) is 7. The Labute approximate surface area is 163 Å². The molecule has 2 saturated heterocycles. The van der Waals surface area contributed by atoms with Crippen LogP contribution in [-0.4, -0.2) is 58.3 Å². The van der Waals surface area contributed by atoms with Crippen LogP contribution in [0.2, 0.25) is 0 Å². The molecule has 142 valence electrons. The van der Waals surface area contributed by atoms with Crippen LogP contribution in [0, 0.1) is 11.3 Å². The minimum absolute atomic E-state index is 0.419. The first kappa shape index (κ1) is 17.0. The zero-order valence-corrected chi connectivity index (χ0v) is 15.8. The lowest BCUT2D eigenvalue weighted by Gasteiger charge is -2.35. The van der Waals surface area contributed by atoms with Crippen molar-refractivity contribution in [2.45, 2.75) is 19.4 Å². The van der Waals surface area contributed by atoms with Gasteiger partial charge >= 0.3 is 0 Å². The zero-order chi connectivity index (χ0) is 19.1. The molecule has 0 bridgehead atoms. The Kier molecular flexibility index (Phi) is 4.10. The second-order valence-electron chi connectivity index (χ2n) is 7.44. The first-order valence-electron chi connectivity index (χ1n) is 9.70. The molecule has 0 saturated carbocycles. The van der Waals surface area contributed by atoms with Gasteiger partial charge in [-0.2, -0.15) is 5.26 Å². The van der Waals surface area contributed by atoms with E-state index in [0.29, 0.717) is 17.4 Å². The summed E-state index contributed by atoms with van der Waals surface area (Å²) in [5, 5.41) is 13.8. The molecule has 2 aliphatic rings. The van der Waals surface area contributed by atoms with Gasteiger partial charge in [0.1, 0.15) is 18.0 Å². The molecule has 0 radical (unpaired) electrons. The average Bonchev–Trinajstić information content (AvgIpc) is 3.06. The van der Waals surface area contributed by atoms with Crippen LogP contribution < -0.4 is 15.1 Å². The minimum atomic E-state index is 0.419. The number of pyridine rings is 1. The van der Waals surface area contributed by atoms with E-state index in [-0.39, 0.29) is 0 Å². The summed E-state index contributed by atoms with van der Waals surface area (Å²) in [4.78, 5) is 18.5. The quantitative estimate of drug-likeness (QED) is 0.747. The Bertz CT molecular complexity index is 1060. The molecular weight excluding hydrogens is 352 g/mol. The van der Waals surface area contributed by atoms with Gasteiger partial charge in [0.25, 0.3) is 0 Å². The van der Waals surface area contributed by atoms with Crippen molar-refractivity contribution >= 4 is 22.5 Å². The number of hydrogen-bond acceptors (Lipinski definition) is 7. The predicted octanol–water partition coefficient (Wildman–Crippen LogP) is 1.70. The molecule has 1 N–H and O–H groups in total. The Morgan fingerprint density at radius 3 is 2.82 bits per heavy atom. The van der Waals surface area contributed by atoms with Gasteiger partial charge in [-0.3, -0.25) is 4.57 Å². The Morgan fingerprint density at radius 2 is 2.07 bits per heavy atom. The number of nitriles is 1. The maximum atomic E-state index is 9.27. The SMILES string of the molecule is CC1CN(c2ncnc3c2c(N2CCC2)cn3-c2cc(C#N)ccn2)CCN1. The predicted molar refractivity (Wildman–Crippen MR) is 108 cm³/mol. The highest BCUT2D eigenvalue weighted by Gasteiger charge is 2.27. The molecule has 3 aromatic heterocycles. The van der Waals surface area contributed by atoms with Crippen LogP contribution in [0.5, 0.6) is 0 Å². The molecule has 2 aliphatic heterocycles. The van der Waals surface area contributed by atoms with E-state index in [1.165, 1.54) is 6.42 Å². The summed E-state index contributed by atoms with van der Waals surface area (Å²) in [6.07, 6.45) is 6.59. The zero-order valence-electron chi connectivity index (χ0n) is 15.8. The lowest BCUT2D eigenvalue weighted by atomic mass is 10.1. The van der Waals surface area contributed by atoms with Crippen molar-refractivity contribution < 1.29 is 0 Å². The van der Waals surface area contributed by atoms with Crippen LogP contribution in [0.25, 0.3) is 16.9 Å². The topological polar surface area (TPSA) is 85.9 Å². The smallest absolute Gasteiger partial charge is 0.153 e. The summed E-state index contributed by atoms with van der Waals surface area (Å²) in [6, 6.07) is 6.13. The summed E-state index contributed by atoms with van der Waals surface area (Å²) in [5.74, 6) is 1.68. The van der Waals surface area contributed by atoms with E-state index in [1.54, 1.807) is 24.7 Å². The van der Waals surface area contributed by atoms with E-state index in [4.69, 9.17) is 0 Å². The summed E-state index contributed by atoms with van der Waals surface area (Å²) in [6.45, 7) is 7.05. The van der Waals surface area contributed by atoms with E-state index in [1.807, 2.05) is 4.57 Å². The van der Waals surface area contributed by atoms with E-state index >= 15 is 0 Å². The van der Waals surface area contributed by atoms with Crippen LogP contribution in [-0.2, 0) is 0 Å². The molecule has 8 heteroatoms. The minimum Gasteiger partial charge on any atom is -0.369 e. The van der Waals surface area contributed by atoms with Gasteiger partial charge in [-0.1, -0.05) is 0 Å². The largest absolute Gasteiger partial charge is 0.369 e. The van der Waals surface area contributed by atoms with Crippen LogP contribution in [0.4, 0.5) is 11.5 Å². The fourth-order valence-corrected chi connectivity index (χ4v) is 3.98. The van der Waals surface area contributed by atoms with Crippen LogP contribution in [0.15, 0.2) is 30.9 Å². The van der Waals surface area contributed by atoms with Gasteiger partial charge in [-0.25, -0.2) is 15.0 Å². The van der Waals surface area contributed by atoms with Crippen molar-refractivity contribution in [3.63, 3.8) is 0 Å². The van der Waals surface area contributed by atoms with E-state index in [2.05, 4.69) is 49.3 Å². The van der Waals surface area contributed by atoms with Crippen molar-refractivity contribution in [3.05, 3.63) is 36.4 Å². The number of nitrogens with one attached hydrogen (secondary N) is 1. The van der Waals surface area contributed by atoms with E-state index < -0.39 is 0 Å². The summed E-state index contributed by atoms with van der Waals surface area (Å²) in [5.41, 5.74) is 2.57. The second-order valence-corrected chi connectivity index (χ2v) is 7.44. The molecule has 2 fully saturated rings.